The van der Waals surface area contributed by atoms with Crippen LogP contribution in [0.25, 0.3) is 0 Å². The van der Waals surface area contributed by atoms with Crippen LogP contribution in [-0.4, -0.2) is 38.3 Å². The van der Waals surface area contributed by atoms with E-state index in [9.17, 15) is 9.59 Å². The van der Waals surface area contributed by atoms with Crippen LogP contribution in [0.1, 0.15) is 13.8 Å². The van der Waals surface area contributed by atoms with E-state index >= 15 is 0 Å². The molecular weight excluding hydrogens is 212 g/mol. The molecule has 7 heteroatoms. The van der Waals surface area contributed by atoms with Gasteiger partial charge in [0, 0.05) is 6.54 Å². The number of nitrogens with one attached hydrogen (secondary N) is 1. The zero-order valence-corrected chi connectivity index (χ0v) is 9.17. The number of hydrogen-bond acceptors (Lipinski definition) is 4. The number of carbonyl (C=O) groups excluding carboxylic acids is 1. The van der Waals surface area contributed by atoms with Crippen molar-refractivity contribution in [2.45, 2.75) is 20.4 Å². The van der Waals surface area contributed by atoms with Gasteiger partial charge in [-0.25, -0.2) is 9.67 Å². The highest BCUT2D eigenvalue weighted by Gasteiger charge is 2.27. The molecule has 0 aliphatic heterocycles. The Balaban J connectivity index is 2.39. The Morgan fingerprint density at radius 2 is 2.19 bits per heavy atom. The Morgan fingerprint density at radius 3 is 2.69 bits per heavy atom. The van der Waals surface area contributed by atoms with Crippen LogP contribution in [0.15, 0.2) is 12.7 Å². The smallest absolute Gasteiger partial charge is 0.310 e. The van der Waals surface area contributed by atoms with Crippen molar-refractivity contribution in [2.24, 2.45) is 5.41 Å². The van der Waals surface area contributed by atoms with Crippen molar-refractivity contribution in [3.05, 3.63) is 12.7 Å². The van der Waals surface area contributed by atoms with Gasteiger partial charge in [-0.05, 0) is 13.8 Å². The summed E-state index contributed by atoms with van der Waals surface area (Å²) in [5, 5.41) is 15.1. The minimum Gasteiger partial charge on any atom is -0.481 e. The van der Waals surface area contributed by atoms with Crippen LogP contribution < -0.4 is 5.32 Å². The van der Waals surface area contributed by atoms with E-state index < -0.39 is 11.4 Å². The van der Waals surface area contributed by atoms with E-state index in [4.69, 9.17) is 5.11 Å². The number of aliphatic carboxylic acids is 1. The maximum absolute atomic E-state index is 11.4. The van der Waals surface area contributed by atoms with Gasteiger partial charge in [-0.15, -0.1) is 0 Å². The summed E-state index contributed by atoms with van der Waals surface area (Å²) >= 11 is 0. The summed E-state index contributed by atoms with van der Waals surface area (Å²) in [6.07, 6.45) is 2.75. The van der Waals surface area contributed by atoms with Gasteiger partial charge in [0.05, 0.1) is 5.41 Å². The summed E-state index contributed by atoms with van der Waals surface area (Å²) in [6, 6.07) is 0. The fourth-order valence-corrected chi connectivity index (χ4v) is 0.913. The van der Waals surface area contributed by atoms with E-state index in [-0.39, 0.29) is 19.0 Å². The highest BCUT2D eigenvalue weighted by atomic mass is 16.4. The van der Waals surface area contributed by atoms with Gasteiger partial charge in [0.1, 0.15) is 19.2 Å². The van der Waals surface area contributed by atoms with Crippen molar-refractivity contribution < 1.29 is 14.7 Å². The maximum Gasteiger partial charge on any atom is 0.310 e. The van der Waals surface area contributed by atoms with Crippen molar-refractivity contribution in [3.63, 3.8) is 0 Å². The summed E-state index contributed by atoms with van der Waals surface area (Å²) in [7, 11) is 0. The number of aromatic nitrogens is 3. The van der Waals surface area contributed by atoms with E-state index in [2.05, 4.69) is 15.4 Å². The van der Waals surface area contributed by atoms with Gasteiger partial charge in [-0.2, -0.15) is 5.10 Å². The Labute approximate surface area is 92.5 Å². The SMILES string of the molecule is CC(C)(CNC(=O)Cn1cncn1)C(=O)O. The fourth-order valence-electron chi connectivity index (χ4n) is 0.913. The zero-order chi connectivity index (χ0) is 12.2. The second-order valence-electron chi connectivity index (χ2n) is 4.06. The monoisotopic (exact) mass is 226 g/mol. The molecule has 1 rings (SSSR count). The van der Waals surface area contributed by atoms with Crippen molar-refractivity contribution in [1.29, 1.82) is 0 Å². The van der Waals surface area contributed by atoms with Crippen LogP contribution in [0.3, 0.4) is 0 Å². The number of nitrogens with zero attached hydrogens (tertiary/aromatic N) is 3. The largest absolute Gasteiger partial charge is 0.481 e. The van der Waals surface area contributed by atoms with Crippen molar-refractivity contribution in [1.82, 2.24) is 20.1 Å². The molecule has 0 fully saturated rings. The third-order valence-corrected chi connectivity index (χ3v) is 2.08. The zero-order valence-electron chi connectivity index (χ0n) is 9.17. The van der Waals surface area contributed by atoms with Crippen molar-refractivity contribution in [3.8, 4) is 0 Å². The Kier molecular flexibility index (Phi) is 3.60. The summed E-state index contributed by atoms with van der Waals surface area (Å²) in [4.78, 5) is 25.8. The normalized spacial score (nSPS) is 11.1. The molecule has 0 bridgehead atoms. The summed E-state index contributed by atoms with van der Waals surface area (Å²) < 4.78 is 1.36. The van der Waals surface area contributed by atoms with E-state index in [1.54, 1.807) is 13.8 Å². The number of amides is 1. The molecule has 0 unspecified atom stereocenters. The Morgan fingerprint density at radius 1 is 1.50 bits per heavy atom. The lowest BCUT2D eigenvalue weighted by Crippen LogP contribution is -2.40. The quantitative estimate of drug-likeness (QED) is 0.705. The molecule has 2 N–H and O–H groups in total. The van der Waals surface area contributed by atoms with E-state index in [0.717, 1.165) is 0 Å². The fraction of sp³-hybridized carbons (Fsp3) is 0.556. The average Bonchev–Trinajstić information content (AvgIpc) is 2.67. The first-order valence-electron chi connectivity index (χ1n) is 4.74. The van der Waals surface area contributed by atoms with Crippen LogP contribution in [0.4, 0.5) is 0 Å². The third-order valence-electron chi connectivity index (χ3n) is 2.08. The molecular formula is C9H14N4O3. The molecule has 1 heterocycles. The summed E-state index contributed by atoms with van der Waals surface area (Å²) in [5.74, 6) is -1.24. The summed E-state index contributed by atoms with van der Waals surface area (Å²) in [6.45, 7) is 3.21. The number of carbonyl (C=O) groups is 2. The Hall–Kier alpha value is -1.92. The lowest BCUT2D eigenvalue weighted by molar-refractivity contribution is -0.146. The second-order valence-corrected chi connectivity index (χ2v) is 4.06. The number of rotatable bonds is 5. The van der Waals surface area contributed by atoms with E-state index in [1.807, 2.05) is 0 Å². The number of carboxylic acids is 1. The molecule has 1 amide bonds. The topological polar surface area (TPSA) is 97.1 Å². The third kappa shape index (κ3) is 3.34. The molecule has 16 heavy (non-hydrogen) atoms. The number of carboxylic acid groups (broad SMARTS) is 1. The molecule has 0 aliphatic carbocycles. The number of hydrogen-bond donors (Lipinski definition) is 2. The van der Waals surface area contributed by atoms with E-state index in [1.165, 1.54) is 17.3 Å². The highest BCUT2D eigenvalue weighted by molar-refractivity contribution is 5.78. The highest BCUT2D eigenvalue weighted by Crippen LogP contribution is 2.12. The van der Waals surface area contributed by atoms with Gasteiger partial charge >= 0.3 is 5.97 Å². The molecule has 1 aromatic rings. The maximum atomic E-state index is 11.4. The van der Waals surface area contributed by atoms with Crippen LogP contribution in [0.5, 0.6) is 0 Å². The summed E-state index contributed by atoms with van der Waals surface area (Å²) in [5.41, 5.74) is -0.974. The second kappa shape index (κ2) is 4.73. The molecule has 88 valence electrons. The first-order valence-corrected chi connectivity index (χ1v) is 4.74. The molecule has 0 aliphatic rings. The molecule has 0 saturated heterocycles. The van der Waals surface area contributed by atoms with E-state index in [0.29, 0.717) is 0 Å². The molecule has 0 atom stereocenters. The Bertz CT molecular complexity index is 372. The van der Waals surface area contributed by atoms with Gasteiger partial charge in [0.2, 0.25) is 5.91 Å². The lowest BCUT2D eigenvalue weighted by atomic mass is 9.94. The molecule has 1 aromatic heterocycles. The molecule has 7 nitrogen and oxygen atoms in total. The van der Waals surface area contributed by atoms with Crippen LogP contribution in [0, 0.1) is 5.41 Å². The predicted molar refractivity (Wildman–Crippen MR) is 54.4 cm³/mol. The standard InChI is InChI=1S/C9H14N4O3/c1-9(2,8(15)16)4-11-7(14)3-13-6-10-5-12-13/h5-6H,3-4H2,1-2H3,(H,11,14)(H,15,16). The molecule has 0 spiro atoms. The van der Waals surface area contributed by atoms with Crippen molar-refractivity contribution >= 4 is 11.9 Å². The van der Waals surface area contributed by atoms with Gasteiger partial charge in [0.15, 0.2) is 0 Å². The predicted octanol–water partition coefficient (Wildman–Crippen LogP) is -0.495. The van der Waals surface area contributed by atoms with Crippen LogP contribution >= 0.6 is 0 Å². The molecule has 0 saturated carbocycles. The average molecular weight is 226 g/mol. The molecule has 0 aromatic carbocycles. The van der Waals surface area contributed by atoms with Gasteiger partial charge in [0.25, 0.3) is 0 Å². The van der Waals surface area contributed by atoms with Crippen LogP contribution in [0.2, 0.25) is 0 Å². The van der Waals surface area contributed by atoms with Crippen molar-refractivity contribution in [2.75, 3.05) is 6.54 Å². The minimum atomic E-state index is -0.974. The molecule has 0 radical (unpaired) electrons. The van der Waals surface area contributed by atoms with Gasteiger partial charge in [-0.3, -0.25) is 9.59 Å². The van der Waals surface area contributed by atoms with Crippen LogP contribution in [-0.2, 0) is 16.1 Å². The first kappa shape index (κ1) is 12.2. The lowest BCUT2D eigenvalue weighted by Gasteiger charge is -2.19. The van der Waals surface area contributed by atoms with Gasteiger partial charge < -0.3 is 10.4 Å². The van der Waals surface area contributed by atoms with Gasteiger partial charge in [-0.1, -0.05) is 0 Å². The minimum absolute atomic E-state index is 0.0374. The first-order chi connectivity index (χ1) is 7.42.